The lowest BCUT2D eigenvalue weighted by Gasteiger charge is -2.15. The van der Waals surface area contributed by atoms with Crippen LogP contribution in [-0.2, 0) is 10.0 Å². The maximum atomic E-state index is 12.5. The SMILES string of the molecule is O=C(NNC(=O)c1ccc(Cl)c(Cl)c1)c1ccc(S(=O)(=O)N2CCCC2)cc1. The molecule has 0 radical (unpaired) electrons. The summed E-state index contributed by atoms with van der Waals surface area (Å²) in [6.45, 7) is 1.01. The van der Waals surface area contributed by atoms with Crippen molar-refractivity contribution in [2.24, 2.45) is 0 Å². The lowest BCUT2D eigenvalue weighted by atomic mass is 10.2. The molecule has 0 aromatic heterocycles. The largest absolute Gasteiger partial charge is 0.269 e. The summed E-state index contributed by atoms with van der Waals surface area (Å²) in [5, 5.41) is 0.529. The molecular formula is C18H17Cl2N3O4S. The van der Waals surface area contributed by atoms with Crippen LogP contribution in [0.2, 0.25) is 10.0 Å². The van der Waals surface area contributed by atoms with Crippen LogP contribution < -0.4 is 10.9 Å². The highest BCUT2D eigenvalue weighted by atomic mass is 35.5. The average Bonchev–Trinajstić information content (AvgIpc) is 3.24. The van der Waals surface area contributed by atoms with Crippen LogP contribution in [-0.4, -0.2) is 37.6 Å². The molecule has 28 heavy (non-hydrogen) atoms. The Hall–Kier alpha value is -2.13. The number of rotatable bonds is 4. The molecule has 2 aromatic rings. The zero-order valence-corrected chi connectivity index (χ0v) is 16.9. The minimum absolute atomic E-state index is 0.130. The molecule has 2 aromatic carbocycles. The number of carbonyl (C=O) groups excluding carboxylic acids is 2. The smallest absolute Gasteiger partial charge is 0.267 e. The van der Waals surface area contributed by atoms with Gasteiger partial charge in [0, 0.05) is 24.2 Å². The molecule has 10 heteroatoms. The predicted molar refractivity (Wildman–Crippen MR) is 106 cm³/mol. The number of halogens is 2. The van der Waals surface area contributed by atoms with Gasteiger partial charge in [-0.25, -0.2) is 8.42 Å². The number of hydrogen-bond donors (Lipinski definition) is 2. The second kappa shape index (κ2) is 8.48. The molecule has 1 aliphatic rings. The van der Waals surface area contributed by atoms with E-state index in [0.29, 0.717) is 18.1 Å². The van der Waals surface area contributed by atoms with E-state index >= 15 is 0 Å². The standard InChI is InChI=1S/C18H17Cl2N3O4S/c19-15-8-5-13(11-16(15)20)18(25)22-21-17(24)12-3-6-14(7-4-12)28(26,27)23-9-1-2-10-23/h3-8,11H,1-2,9-10H2,(H,21,24)(H,22,25). The summed E-state index contributed by atoms with van der Waals surface area (Å²) in [6.07, 6.45) is 1.69. The highest BCUT2D eigenvalue weighted by molar-refractivity contribution is 7.89. The predicted octanol–water partition coefficient (Wildman–Crippen LogP) is 2.85. The summed E-state index contributed by atoms with van der Waals surface area (Å²) >= 11 is 11.7. The van der Waals surface area contributed by atoms with Gasteiger partial charge in [0.05, 0.1) is 14.9 Å². The fourth-order valence-corrected chi connectivity index (χ4v) is 4.57. The van der Waals surface area contributed by atoms with Crippen LogP contribution >= 0.6 is 23.2 Å². The molecule has 7 nitrogen and oxygen atoms in total. The van der Waals surface area contributed by atoms with Crippen LogP contribution in [0.3, 0.4) is 0 Å². The number of carbonyl (C=O) groups is 2. The summed E-state index contributed by atoms with van der Waals surface area (Å²) in [5.41, 5.74) is 4.96. The van der Waals surface area contributed by atoms with Crippen molar-refractivity contribution in [3.05, 3.63) is 63.6 Å². The Morgan fingerprint density at radius 2 is 1.36 bits per heavy atom. The zero-order chi connectivity index (χ0) is 20.3. The number of amides is 2. The van der Waals surface area contributed by atoms with Crippen molar-refractivity contribution in [3.63, 3.8) is 0 Å². The quantitative estimate of drug-likeness (QED) is 0.712. The molecule has 0 atom stereocenters. The van der Waals surface area contributed by atoms with E-state index in [2.05, 4.69) is 10.9 Å². The van der Waals surface area contributed by atoms with Crippen LogP contribution in [0.1, 0.15) is 33.6 Å². The Bertz CT molecular complexity index is 1000. The van der Waals surface area contributed by atoms with E-state index < -0.39 is 21.8 Å². The first-order chi connectivity index (χ1) is 13.3. The van der Waals surface area contributed by atoms with E-state index in [9.17, 15) is 18.0 Å². The van der Waals surface area contributed by atoms with E-state index in [0.717, 1.165) is 12.8 Å². The van der Waals surface area contributed by atoms with Gasteiger partial charge in [-0.15, -0.1) is 0 Å². The molecule has 1 fully saturated rings. The normalized spacial score (nSPS) is 14.6. The molecule has 2 N–H and O–H groups in total. The van der Waals surface area contributed by atoms with Crippen LogP contribution in [0.5, 0.6) is 0 Å². The Morgan fingerprint density at radius 1 is 0.821 bits per heavy atom. The van der Waals surface area contributed by atoms with Crippen molar-refractivity contribution < 1.29 is 18.0 Å². The van der Waals surface area contributed by atoms with Gasteiger partial charge >= 0.3 is 0 Å². The average molecular weight is 442 g/mol. The molecule has 1 heterocycles. The fraction of sp³-hybridized carbons (Fsp3) is 0.222. The lowest BCUT2D eigenvalue weighted by molar-refractivity contribution is 0.0846. The highest BCUT2D eigenvalue weighted by Gasteiger charge is 2.27. The third-order valence-corrected chi connectivity index (χ3v) is 6.94. The molecule has 3 rings (SSSR count). The summed E-state index contributed by atoms with van der Waals surface area (Å²) in [7, 11) is -3.54. The number of hydrazine groups is 1. The molecule has 0 bridgehead atoms. The van der Waals surface area contributed by atoms with Gasteiger partial charge in [-0.05, 0) is 55.3 Å². The van der Waals surface area contributed by atoms with Gasteiger partial charge < -0.3 is 0 Å². The van der Waals surface area contributed by atoms with Crippen LogP contribution in [0, 0.1) is 0 Å². The van der Waals surface area contributed by atoms with E-state index in [1.807, 2.05) is 0 Å². The highest BCUT2D eigenvalue weighted by Crippen LogP contribution is 2.23. The second-order valence-electron chi connectivity index (χ2n) is 6.17. The molecule has 0 spiro atoms. The van der Waals surface area contributed by atoms with Crippen molar-refractivity contribution >= 4 is 45.0 Å². The molecule has 2 amide bonds. The molecule has 148 valence electrons. The minimum atomic E-state index is -3.54. The van der Waals surface area contributed by atoms with E-state index in [1.54, 1.807) is 0 Å². The topological polar surface area (TPSA) is 95.6 Å². The van der Waals surface area contributed by atoms with Gasteiger partial charge in [-0.3, -0.25) is 20.4 Å². The second-order valence-corrected chi connectivity index (χ2v) is 8.93. The Morgan fingerprint density at radius 3 is 1.93 bits per heavy atom. The molecule has 0 aliphatic carbocycles. The van der Waals surface area contributed by atoms with E-state index in [1.165, 1.54) is 46.8 Å². The van der Waals surface area contributed by atoms with Gasteiger partial charge in [0.1, 0.15) is 0 Å². The first-order valence-electron chi connectivity index (χ1n) is 8.45. The van der Waals surface area contributed by atoms with Crippen LogP contribution in [0.25, 0.3) is 0 Å². The molecule has 1 aliphatic heterocycles. The van der Waals surface area contributed by atoms with Gasteiger partial charge in [0.25, 0.3) is 11.8 Å². The number of nitrogens with zero attached hydrogens (tertiary/aromatic N) is 1. The van der Waals surface area contributed by atoms with Gasteiger partial charge in [-0.1, -0.05) is 23.2 Å². The van der Waals surface area contributed by atoms with Gasteiger partial charge in [-0.2, -0.15) is 4.31 Å². The maximum absolute atomic E-state index is 12.5. The number of benzene rings is 2. The Balaban J connectivity index is 1.63. The van der Waals surface area contributed by atoms with Gasteiger partial charge in [0.2, 0.25) is 10.0 Å². The first kappa shape index (κ1) is 20.6. The molecular weight excluding hydrogens is 425 g/mol. The Labute approximate surface area is 172 Å². The van der Waals surface area contributed by atoms with Crippen LogP contribution in [0.15, 0.2) is 47.4 Å². The van der Waals surface area contributed by atoms with Crippen molar-refractivity contribution in [2.45, 2.75) is 17.7 Å². The first-order valence-corrected chi connectivity index (χ1v) is 10.6. The number of nitrogens with one attached hydrogen (secondary N) is 2. The van der Waals surface area contributed by atoms with Crippen LogP contribution in [0.4, 0.5) is 0 Å². The van der Waals surface area contributed by atoms with Crippen molar-refractivity contribution in [1.29, 1.82) is 0 Å². The third-order valence-electron chi connectivity index (χ3n) is 4.29. The Kier molecular flexibility index (Phi) is 6.24. The molecule has 0 saturated carbocycles. The molecule has 0 unspecified atom stereocenters. The zero-order valence-electron chi connectivity index (χ0n) is 14.6. The number of hydrogen-bond acceptors (Lipinski definition) is 4. The number of sulfonamides is 1. The van der Waals surface area contributed by atoms with Crippen molar-refractivity contribution in [1.82, 2.24) is 15.2 Å². The fourth-order valence-electron chi connectivity index (χ4n) is 2.75. The summed E-state index contributed by atoms with van der Waals surface area (Å²) in [6, 6.07) is 9.86. The summed E-state index contributed by atoms with van der Waals surface area (Å²) in [4.78, 5) is 24.4. The summed E-state index contributed by atoms with van der Waals surface area (Å²) < 4.78 is 26.4. The minimum Gasteiger partial charge on any atom is -0.267 e. The monoisotopic (exact) mass is 441 g/mol. The van der Waals surface area contributed by atoms with E-state index in [-0.39, 0.29) is 21.0 Å². The van der Waals surface area contributed by atoms with E-state index in [4.69, 9.17) is 23.2 Å². The lowest BCUT2D eigenvalue weighted by Crippen LogP contribution is -2.41. The van der Waals surface area contributed by atoms with Crippen molar-refractivity contribution in [2.75, 3.05) is 13.1 Å². The molecule has 1 saturated heterocycles. The maximum Gasteiger partial charge on any atom is 0.269 e. The van der Waals surface area contributed by atoms with Crippen molar-refractivity contribution in [3.8, 4) is 0 Å². The van der Waals surface area contributed by atoms with Gasteiger partial charge in [0.15, 0.2) is 0 Å². The third kappa shape index (κ3) is 4.47. The summed E-state index contributed by atoms with van der Waals surface area (Å²) in [5.74, 6) is -1.15.